The van der Waals surface area contributed by atoms with E-state index in [2.05, 4.69) is 0 Å². The Hall–Kier alpha value is -2.87. The summed E-state index contributed by atoms with van der Waals surface area (Å²) in [6, 6.07) is 10.5. The molecule has 1 N–H and O–H groups in total. The van der Waals surface area contributed by atoms with Gasteiger partial charge in [0.1, 0.15) is 18.2 Å². The van der Waals surface area contributed by atoms with Gasteiger partial charge in [-0.1, -0.05) is 0 Å². The summed E-state index contributed by atoms with van der Waals surface area (Å²) in [6.07, 6.45) is 0. The molecular formula is C16H12FNO3. The molecule has 106 valence electrons. The fourth-order valence-corrected chi connectivity index (χ4v) is 1.88. The molecule has 4 nitrogen and oxygen atoms in total. The fraction of sp³-hybridized carbons (Fsp3) is 0.125. The van der Waals surface area contributed by atoms with Crippen LogP contribution in [0, 0.1) is 24.1 Å². The number of aromatic carboxylic acids is 1. The third-order valence-corrected chi connectivity index (χ3v) is 3.00. The van der Waals surface area contributed by atoms with Gasteiger partial charge in [0.05, 0.1) is 17.2 Å². The van der Waals surface area contributed by atoms with Gasteiger partial charge < -0.3 is 9.84 Å². The molecule has 0 aromatic heterocycles. The van der Waals surface area contributed by atoms with Crippen LogP contribution in [0.1, 0.15) is 27.0 Å². The Bertz CT molecular complexity index is 735. The number of carboxylic acids is 1. The number of carboxylic acid groups (broad SMARTS) is 1. The van der Waals surface area contributed by atoms with E-state index in [0.717, 1.165) is 0 Å². The second-order valence-corrected chi connectivity index (χ2v) is 4.49. The quantitative estimate of drug-likeness (QED) is 0.935. The SMILES string of the molecule is Cc1cc(OCc2cc(C#N)ccc2F)ccc1C(=O)O. The third-order valence-electron chi connectivity index (χ3n) is 3.00. The van der Waals surface area contributed by atoms with Gasteiger partial charge in [-0.2, -0.15) is 5.26 Å². The maximum absolute atomic E-state index is 13.6. The Morgan fingerprint density at radius 2 is 2.10 bits per heavy atom. The van der Waals surface area contributed by atoms with E-state index in [9.17, 15) is 9.18 Å². The van der Waals surface area contributed by atoms with Gasteiger partial charge in [0.15, 0.2) is 0 Å². The predicted molar refractivity (Wildman–Crippen MR) is 73.6 cm³/mol. The smallest absolute Gasteiger partial charge is 0.335 e. The molecule has 0 amide bonds. The number of nitrogens with zero attached hydrogens (tertiary/aromatic N) is 1. The fourth-order valence-electron chi connectivity index (χ4n) is 1.88. The van der Waals surface area contributed by atoms with E-state index in [0.29, 0.717) is 16.9 Å². The van der Waals surface area contributed by atoms with Crippen molar-refractivity contribution in [1.29, 1.82) is 5.26 Å². The van der Waals surface area contributed by atoms with Gasteiger partial charge in [-0.05, 0) is 48.9 Å². The molecule has 0 aliphatic rings. The molecular weight excluding hydrogens is 273 g/mol. The predicted octanol–water partition coefficient (Wildman–Crippen LogP) is 3.28. The number of hydrogen-bond acceptors (Lipinski definition) is 3. The molecule has 0 spiro atoms. The molecule has 0 radical (unpaired) electrons. The van der Waals surface area contributed by atoms with Crippen molar-refractivity contribution in [3.05, 3.63) is 64.5 Å². The van der Waals surface area contributed by atoms with Crippen LogP contribution in [0.25, 0.3) is 0 Å². The minimum atomic E-state index is -1.01. The van der Waals surface area contributed by atoms with E-state index in [4.69, 9.17) is 15.1 Å². The lowest BCUT2D eigenvalue weighted by Gasteiger charge is -2.09. The average Bonchev–Trinajstić information content (AvgIpc) is 2.46. The van der Waals surface area contributed by atoms with Crippen molar-refractivity contribution in [3.8, 4) is 11.8 Å². The number of rotatable bonds is 4. The first-order valence-electron chi connectivity index (χ1n) is 6.16. The lowest BCUT2D eigenvalue weighted by Crippen LogP contribution is -2.02. The largest absolute Gasteiger partial charge is 0.489 e. The minimum absolute atomic E-state index is 0.0345. The molecule has 5 heteroatoms. The summed E-state index contributed by atoms with van der Waals surface area (Å²) in [4.78, 5) is 10.9. The number of halogens is 1. The summed E-state index contributed by atoms with van der Waals surface area (Å²) in [5.41, 5.74) is 1.38. The first-order valence-corrected chi connectivity index (χ1v) is 6.16. The summed E-state index contributed by atoms with van der Waals surface area (Å²) in [5.74, 6) is -1.01. The molecule has 0 saturated carbocycles. The molecule has 2 aromatic rings. The maximum Gasteiger partial charge on any atom is 0.335 e. The Labute approximate surface area is 121 Å². The van der Waals surface area contributed by atoms with Crippen LogP contribution >= 0.6 is 0 Å². The van der Waals surface area contributed by atoms with Crippen molar-refractivity contribution >= 4 is 5.97 Å². The van der Waals surface area contributed by atoms with E-state index in [-0.39, 0.29) is 17.7 Å². The van der Waals surface area contributed by atoms with E-state index < -0.39 is 11.8 Å². The first-order chi connectivity index (χ1) is 10.0. The minimum Gasteiger partial charge on any atom is -0.489 e. The molecule has 0 aliphatic carbocycles. The summed E-state index contributed by atoms with van der Waals surface area (Å²) in [6.45, 7) is 1.63. The second-order valence-electron chi connectivity index (χ2n) is 4.49. The molecule has 0 heterocycles. The van der Waals surface area contributed by atoms with Crippen LogP contribution in [0.4, 0.5) is 4.39 Å². The highest BCUT2D eigenvalue weighted by Crippen LogP contribution is 2.19. The van der Waals surface area contributed by atoms with Crippen molar-refractivity contribution in [3.63, 3.8) is 0 Å². The topological polar surface area (TPSA) is 70.3 Å². The van der Waals surface area contributed by atoms with E-state index >= 15 is 0 Å². The van der Waals surface area contributed by atoms with Gasteiger partial charge >= 0.3 is 5.97 Å². The monoisotopic (exact) mass is 285 g/mol. The number of carbonyl (C=O) groups is 1. The number of aryl methyl sites for hydroxylation is 1. The van der Waals surface area contributed by atoms with Crippen molar-refractivity contribution in [2.45, 2.75) is 13.5 Å². The zero-order valence-corrected chi connectivity index (χ0v) is 11.3. The molecule has 0 saturated heterocycles. The molecule has 2 aromatic carbocycles. The molecule has 0 fully saturated rings. The van der Waals surface area contributed by atoms with Crippen LogP contribution in [-0.2, 0) is 6.61 Å². The van der Waals surface area contributed by atoms with Crippen molar-refractivity contribution in [2.24, 2.45) is 0 Å². The third kappa shape index (κ3) is 3.37. The van der Waals surface area contributed by atoms with Gasteiger partial charge in [0, 0.05) is 5.56 Å². The number of benzene rings is 2. The number of ether oxygens (including phenoxy) is 1. The zero-order valence-electron chi connectivity index (χ0n) is 11.3. The summed E-state index contributed by atoms with van der Waals surface area (Å²) in [5, 5.41) is 17.7. The summed E-state index contributed by atoms with van der Waals surface area (Å²) >= 11 is 0. The van der Waals surface area contributed by atoms with Crippen molar-refractivity contribution < 1.29 is 19.0 Å². The molecule has 0 aliphatic heterocycles. The van der Waals surface area contributed by atoms with Crippen LogP contribution in [0.2, 0.25) is 0 Å². The first kappa shape index (κ1) is 14.5. The highest BCUT2D eigenvalue weighted by atomic mass is 19.1. The average molecular weight is 285 g/mol. The molecule has 0 atom stereocenters. The number of nitriles is 1. The Morgan fingerprint density at radius 1 is 1.33 bits per heavy atom. The zero-order chi connectivity index (χ0) is 15.4. The molecule has 2 rings (SSSR count). The Morgan fingerprint density at radius 3 is 2.71 bits per heavy atom. The van der Waals surface area contributed by atoms with Crippen molar-refractivity contribution in [2.75, 3.05) is 0 Å². The normalized spacial score (nSPS) is 9.95. The maximum atomic E-state index is 13.6. The van der Waals surface area contributed by atoms with E-state index in [1.54, 1.807) is 13.0 Å². The van der Waals surface area contributed by atoms with Crippen LogP contribution in [-0.4, -0.2) is 11.1 Å². The number of hydrogen-bond donors (Lipinski definition) is 1. The van der Waals surface area contributed by atoms with Crippen LogP contribution < -0.4 is 4.74 Å². The van der Waals surface area contributed by atoms with Crippen LogP contribution in [0.15, 0.2) is 36.4 Å². The Balaban J connectivity index is 2.15. The standard InChI is InChI=1S/C16H12FNO3/c1-10-6-13(3-4-14(10)16(19)20)21-9-12-7-11(8-18)2-5-15(12)17/h2-7H,9H2,1H3,(H,19,20). The van der Waals surface area contributed by atoms with E-state index in [1.165, 1.54) is 30.3 Å². The second kappa shape index (κ2) is 6.06. The van der Waals surface area contributed by atoms with Gasteiger partial charge in [0.25, 0.3) is 0 Å². The van der Waals surface area contributed by atoms with Gasteiger partial charge in [-0.3, -0.25) is 0 Å². The summed E-state index contributed by atoms with van der Waals surface area (Å²) < 4.78 is 19.0. The summed E-state index contributed by atoms with van der Waals surface area (Å²) in [7, 11) is 0. The van der Waals surface area contributed by atoms with Gasteiger partial charge in [-0.15, -0.1) is 0 Å². The Kier molecular flexibility index (Phi) is 4.19. The molecule has 21 heavy (non-hydrogen) atoms. The molecule has 0 bridgehead atoms. The van der Waals surface area contributed by atoms with Gasteiger partial charge in [0.2, 0.25) is 0 Å². The van der Waals surface area contributed by atoms with Crippen molar-refractivity contribution in [1.82, 2.24) is 0 Å². The lowest BCUT2D eigenvalue weighted by molar-refractivity contribution is 0.0696. The highest BCUT2D eigenvalue weighted by Gasteiger charge is 2.09. The highest BCUT2D eigenvalue weighted by molar-refractivity contribution is 5.89. The molecule has 0 unspecified atom stereocenters. The van der Waals surface area contributed by atoms with Crippen LogP contribution in [0.5, 0.6) is 5.75 Å². The van der Waals surface area contributed by atoms with Gasteiger partial charge in [-0.25, -0.2) is 9.18 Å². The van der Waals surface area contributed by atoms with E-state index in [1.807, 2.05) is 6.07 Å². The lowest BCUT2D eigenvalue weighted by atomic mass is 10.1. The van der Waals surface area contributed by atoms with Crippen LogP contribution in [0.3, 0.4) is 0 Å².